The lowest BCUT2D eigenvalue weighted by Crippen LogP contribution is -2.48. The number of benzene rings is 1. The maximum atomic E-state index is 11.7. The molecule has 1 radical (unpaired) electrons. The molecule has 18 heavy (non-hydrogen) atoms. The molecule has 0 heterocycles. The summed E-state index contributed by atoms with van der Waals surface area (Å²) in [5.74, 6) is -0.275. The molecule has 0 aliphatic heterocycles. The first kappa shape index (κ1) is 14.4. The first-order valence-electron chi connectivity index (χ1n) is 6.02. The molecular weight excluding hydrogens is 228 g/mol. The minimum atomic E-state index is -0.648. The monoisotopic (exact) mass is 247 g/mol. The number of nitrogens with two attached hydrogens (primary N) is 1. The molecule has 0 aliphatic rings. The highest BCUT2D eigenvalue weighted by atomic mass is 16.2. The van der Waals surface area contributed by atoms with Crippen LogP contribution in [0.15, 0.2) is 30.3 Å². The number of hydrogen-bond donors (Lipinski definition) is 2. The molecular formula is C14H19N2O2. The number of carbonyl (C=O) groups excluding carboxylic acids is 2. The summed E-state index contributed by atoms with van der Waals surface area (Å²) < 4.78 is 0. The van der Waals surface area contributed by atoms with E-state index in [1.807, 2.05) is 50.5 Å². The van der Waals surface area contributed by atoms with Gasteiger partial charge in [-0.05, 0) is 11.5 Å². The summed E-state index contributed by atoms with van der Waals surface area (Å²) in [5, 5.41) is 2.61. The van der Waals surface area contributed by atoms with Gasteiger partial charge in [0.1, 0.15) is 0 Å². The molecule has 0 bridgehead atoms. The molecule has 97 valence electrons. The van der Waals surface area contributed by atoms with Gasteiger partial charge >= 0.3 is 0 Å². The van der Waals surface area contributed by atoms with Crippen LogP contribution in [-0.2, 0) is 16.0 Å². The van der Waals surface area contributed by atoms with Gasteiger partial charge in [0.25, 0.3) is 0 Å². The zero-order valence-corrected chi connectivity index (χ0v) is 10.7. The average Bonchev–Trinajstić information content (AvgIpc) is 2.37. The SMILES string of the molecule is CC(C)[C@H](N)C(=O)N[C@H]([C]=O)Cc1ccccc1. The van der Waals surface area contributed by atoms with Gasteiger partial charge in [-0.2, -0.15) is 0 Å². The van der Waals surface area contributed by atoms with E-state index in [4.69, 9.17) is 5.73 Å². The van der Waals surface area contributed by atoms with E-state index in [0.29, 0.717) is 6.42 Å². The summed E-state index contributed by atoms with van der Waals surface area (Å²) in [6.07, 6.45) is 2.27. The summed E-state index contributed by atoms with van der Waals surface area (Å²) in [5.41, 5.74) is 6.69. The van der Waals surface area contributed by atoms with Crippen molar-refractivity contribution in [3.8, 4) is 0 Å². The molecule has 0 spiro atoms. The van der Waals surface area contributed by atoms with Crippen molar-refractivity contribution >= 4 is 12.2 Å². The zero-order valence-electron chi connectivity index (χ0n) is 10.7. The molecule has 1 amide bonds. The Morgan fingerprint density at radius 2 is 1.94 bits per heavy atom. The summed E-state index contributed by atoms with van der Waals surface area (Å²) in [4.78, 5) is 22.6. The van der Waals surface area contributed by atoms with Gasteiger partial charge in [0.05, 0.1) is 12.1 Å². The van der Waals surface area contributed by atoms with Crippen LogP contribution in [0, 0.1) is 5.92 Å². The van der Waals surface area contributed by atoms with E-state index in [1.54, 1.807) is 0 Å². The number of hydrogen-bond acceptors (Lipinski definition) is 3. The van der Waals surface area contributed by atoms with Crippen LogP contribution >= 0.6 is 0 Å². The van der Waals surface area contributed by atoms with Crippen LogP contribution in [0.4, 0.5) is 0 Å². The van der Waals surface area contributed by atoms with Gasteiger partial charge < -0.3 is 11.1 Å². The molecule has 1 aromatic carbocycles. The van der Waals surface area contributed by atoms with Gasteiger partial charge in [-0.25, -0.2) is 0 Å². The number of amides is 1. The maximum Gasteiger partial charge on any atom is 0.237 e. The molecule has 1 rings (SSSR count). The number of nitrogens with one attached hydrogen (secondary N) is 1. The molecule has 1 aromatic rings. The van der Waals surface area contributed by atoms with Crippen LogP contribution in [0.5, 0.6) is 0 Å². The Bertz CT molecular complexity index is 390. The highest BCUT2D eigenvalue weighted by molar-refractivity contribution is 5.84. The molecule has 3 N–H and O–H groups in total. The third kappa shape index (κ3) is 4.30. The van der Waals surface area contributed by atoms with Crippen molar-refractivity contribution in [3.63, 3.8) is 0 Å². The topological polar surface area (TPSA) is 72.2 Å². The summed E-state index contributed by atoms with van der Waals surface area (Å²) in [6, 6.07) is 8.23. The summed E-state index contributed by atoms with van der Waals surface area (Å²) in [7, 11) is 0. The third-order valence-corrected chi connectivity index (χ3v) is 2.76. The average molecular weight is 247 g/mol. The second-order valence-corrected chi connectivity index (χ2v) is 4.64. The zero-order chi connectivity index (χ0) is 13.5. The fourth-order valence-corrected chi connectivity index (χ4v) is 1.54. The van der Waals surface area contributed by atoms with Gasteiger partial charge in [-0.15, -0.1) is 0 Å². The van der Waals surface area contributed by atoms with E-state index in [2.05, 4.69) is 5.32 Å². The molecule has 0 unspecified atom stereocenters. The van der Waals surface area contributed by atoms with E-state index in [-0.39, 0.29) is 11.8 Å². The molecule has 0 aliphatic carbocycles. The lowest BCUT2D eigenvalue weighted by molar-refractivity contribution is -0.123. The van der Waals surface area contributed by atoms with Crippen LogP contribution in [0.2, 0.25) is 0 Å². The van der Waals surface area contributed by atoms with E-state index in [0.717, 1.165) is 5.56 Å². The van der Waals surface area contributed by atoms with Crippen molar-refractivity contribution in [2.45, 2.75) is 32.4 Å². The Balaban J connectivity index is 2.58. The Labute approximate surface area is 108 Å². The largest absolute Gasteiger partial charge is 0.344 e. The van der Waals surface area contributed by atoms with Gasteiger partial charge in [-0.3, -0.25) is 9.59 Å². The van der Waals surface area contributed by atoms with Crippen molar-refractivity contribution in [1.29, 1.82) is 0 Å². The van der Waals surface area contributed by atoms with Crippen LogP contribution < -0.4 is 11.1 Å². The van der Waals surface area contributed by atoms with Crippen LogP contribution in [-0.4, -0.2) is 24.3 Å². The fourth-order valence-electron chi connectivity index (χ4n) is 1.54. The molecule has 4 nitrogen and oxygen atoms in total. The van der Waals surface area contributed by atoms with E-state index in [1.165, 1.54) is 0 Å². The number of rotatable bonds is 6. The standard InChI is InChI=1S/C14H19N2O2/c1-10(2)13(15)14(18)16-12(9-17)8-11-6-4-3-5-7-11/h3-7,10,12-13H,8,15H2,1-2H3,(H,16,18)/t12-,13-/m0/s1. The lowest BCUT2D eigenvalue weighted by Gasteiger charge is -2.18. The van der Waals surface area contributed by atoms with Gasteiger partial charge in [-0.1, -0.05) is 44.2 Å². The minimum absolute atomic E-state index is 0.0361. The Morgan fingerprint density at radius 3 is 2.44 bits per heavy atom. The van der Waals surface area contributed by atoms with Crippen molar-refractivity contribution in [1.82, 2.24) is 5.32 Å². The highest BCUT2D eigenvalue weighted by Crippen LogP contribution is 2.03. The van der Waals surface area contributed by atoms with Crippen LogP contribution in [0.3, 0.4) is 0 Å². The van der Waals surface area contributed by atoms with Crippen LogP contribution in [0.25, 0.3) is 0 Å². The quantitative estimate of drug-likeness (QED) is 0.781. The van der Waals surface area contributed by atoms with Crippen molar-refractivity contribution < 1.29 is 9.59 Å². The van der Waals surface area contributed by atoms with E-state index < -0.39 is 12.1 Å². The van der Waals surface area contributed by atoms with Crippen molar-refractivity contribution in [2.75, 3.05) is 0 Å². The minimum Gasteiger partial charge on any atom is -0.344 e. The van der Waals surface area contributed by atoms with Gasteiger partial charge in [0.15, 0.2) is 0 Å². The molecule has 4 heteroatoms. The van der Waals surface area contributed by atoms with Gasteiger partial charge in [0, 0.05) is 6.42 Å². The molecule has 0 fully saturated rings. The van der Waals surface area contributed by atoms with E-state index >= 15 is 0 Å². The molecule has 0 saturated carbocycles. The van der Waals surface area contributed by atoms with Gasteiger partial charge in [0.2, 0.25) is 12.2 Å². The predicted molar refractivity (Wildman–Crippen MR) is 70.6 cm³/mol. The second kappa shape index (κ2) is 6.91. The molecule has 0 aromatic heterocycles. The maximum absolute atomic E-state index is 11.7. The second-order valence-electron chi connectivity index (χ2n) is 4.64. The van der Waals surface area contributed by atoms with Crippen molar-refractivity contribution in [3.05, 3.63) is 35.9 Å². The smallest absolute Gasteiger partial charge is 0.237 e. The normalized spacial score (nSPS) is 14.0. The Morgan fingerprint density at radius 1 is 1.33 bits per heavy atom. The Kier molecular flexibility index (Phi) is 5.52. The van der Waals surface area contributed by atoms with Crippen molar-refractivity contribution in [2.24, 2.45) is 11.7 Å². The predicted octanol–water partition coefficient (Wildman–Crippen LogP) is 0.807. The number of carbonyl (C=O) groups is 1. The molecule has 2 atom stereocenters. The van der Waals surface area contributed by atoms with E-state index in [9.17, 15) is 9.59 Å². The first-order chi connectivity index (χ1) is 8.54. The fraction of sp³-hybridized carbons (Fsp3) is 0.429. The Hall–Kier alpha value is -1.68. The van der Waals surface area contributed by atoms with Crippen LogP contribution in [0.1, 0.15) is 19.4 Å². The molecule has 0 saturated heterocycles. The third-order valence-electron chi connectivity index (χ3n) is 2.76. The first-order valence-corrected chi connectivity index (χ1v) is 6.02. The summed E-state index contributed by atoms with van der Waals surface area (Å²) >= 11 is 0. The highest BCUT2D eigenvalue weighted by Gasteiger charge is 2.20. The lowest BCUT2D eigenvalue weighted by atomic mass is 10.0. The summed E-state index contributed by atoms with van der Waals surface area (Å²) in [6.45, 7) is 3.72.